The van der Waals surface area contributed by atoms with Crippen LogP contribution in [0.1, 0.15) is 21.5 Å². The number of hydrogen-bond acceptors (Lipinski definition) is 5. The standard InChI is InChI=1S/C25H25ClN4O3/c26-24-16-22(30(32)33)10-11-23(24)25(31)27-21-8-6-20(7-9-21)18-29-14-12-28(13-15-29)17-19-4-2-1-3-5-19/h1-11,16H,12-15,17-18H2,(H,27,31). The van der Waals surface area contributed by atoms with Crippen LogP contribution in [0, 0.1) is 10.1 Å². The Balaban J connectivity index is 1.27. The van der Waals surface area contributed by atoms with Gasteiger partial charge in [-0.05, 0) is 29.3 Å². The van der Waals surface area contributed by atoms with Gasteiger partial charge in [0.2, 0.25) is 0 Å². The van der Waals surface area contributed by atoms with E-state index < -0.39 is 10.8 Å². The maximum atomic E-state index is 12.5. The van der Waals surface area contributed by atoms with Crippen LogP contribution in [0.25, 0.3) is 0 Å². The Hall–Kier alpha value is -3.26. The van der Waals surface area contributed by atoms with Crippen molar-refractivity contribution in [2.24, 2.45) is 0 Å². The minimum atomic E-state index is -0.546. The molecule has 0 saturated carbocycles. The highest BCUT2D eigenvalue weighted by atomic mass is 35.5. The summed E-state index contributed by atoms with van der Waals surface area (Å²) < 4.78 is 0. The molecule has 3 aromatic rings. The third kappa shape index (κ3) is 6.16. The highest BCUT2D eigenvalue weighted by Crippen LogP contribution is 2.23. The fourth-order valence-electron chi connectivity index (χ4n) is 3.90. The van der Waals surface area contributed by atoms with Gasteiger partial charge in [-0.15, -0.1) is 0 Å². The van der Waals surface area contributed by atoms with Crippen LogP contribution in [0.15, 0.2) is 72.8 Å². The van der Waals surface area contributed by atoms with Gasteiger partial charge in [0.05, 0.1) is 15.5 Å². The third-order valence-electron chi connectivity index (χ3n) is 5.74. The molecule has 1 aliphatic rings. The van der Waals surface area contributed by atoms with E-state index in [0.29, 0.717) is 5.69 Å². The van der Waals surface area contributed by atoms with Gasteiger partial charge in [-0.1, -0.05) is 54.1 Å². The third-order valence-corrected chi connectivity index (χ3v) is 6.05. The molecule has 0 spiro atoms. The van der Waals surface area contributed by atoms with Crippen molar-refractivity contribution in [3.63, 3.8) is 0 Å². The molecule has 8 heteroatoms. The number of nitro groups is 1. The molecular formula is C25H25ClN4O3. The van der Waals surface area contributed by atoms with E-state index >= 15 is 0 Å². The Morgan fingerprint density at radius 2 is 1.45 bits per heavy atom. The number of halogens is 1. The van der Waals surface area contributed by atoms with Crippen LogP contribution in [0.4, 0.5) is 11.4 Å². The second kappa shape index (κ2) is 10.6. The van der Waals surface area contributed by atoms with E-state index in [9.17, 15) is 14.9 Å². The molecule has 1 N–H and O–H groups in total. The first kappa shape index (κ1) is 22.9. The molecule has 3 aromatic carbocycles. The summed E-state index contributed by atoms with van der Waals surface area (Å²) >= 11 is 6.05. The molecule has 1 saturated heterocycles. The number of carbonyl (C=O) groups excluding carboxylic acids is 1. The average molecular weight is 465 g/mol. The molecule has 1 amide bonds. The summed E-state index contributed by atoms with van der Waals surface area (Å²) in [7, 11) is 0. The zero-order valence-corrected chi connectivity index (χ0v) is 18.9. The minimum absolute atomic E-state index is 0.0460. The van der Waals surface area contributed by atoms with Gasteiger partial charge in [0.15, 0.2) is 0 Å². The van der Waals surface area contributed by atoms with Crippen molar-refractivity contribution in [1.29, 1.82) is 0 Å². The van der Waals surface area contributed by atoms with Crippen LogP contribution in [0.2, 0.25) is 5.02 Å². The topological polar surface area (TPSA) is 78.7 Å². The molecule has 0 bridgehead atoms. The Morgan fingerprint density at radius 1 is 0.879 bits per heavy atom. The summed E-state index contributed by atoms with van der Waals surface area (Å²) in [6, 6.07) is 22.1. The van der Waals surface area contributed by atoms with Gasteiger partial charge in [-0.25, -0.2) is 0 Å². The number of benzene rings is 3. The summed E-state index contributed by atoms with van der Waals surface area (Å²) in [4.78, 5) is 27.7. The van der Waals surface area contributed by atoms with Crippen molar-refractivity contribution in [2.75, 3.05) is 31.5 Å². The van der Waals surface area contributed by atoms with Crippen LogP contribution in [0.3, 0.4) is 0 Å². The number of nitro benzene ring substituents is 1. The maximum absolute atomic E-state index is 12.5. The Kier molecular flexibility index (Phi) is 7.34. The lowest BCUT2D eigenvalue weighted by molar-refractivity contribution is -0.384. The Bertz CT molecular complexity index is 1110. The molecule has 1 fully saturated rings. The van der Waals surface area contributed by atoms with Crippen molar-refractivity contribution in [2.45, 2.75) is 13.1 Å². The molecule has 0 aromatic heterocycles. The summed E-state index contributed by atoms with van der Waals surface area (Å²) in [5.41, 5.74) is 3.21. The van der Waals surface area contributed by atoms with Crippen LogP contribution in [0.5, 0.6) is 0 Å². The molecule has 0 radical (unpaired) electrons. The number of carbonyl (C=O) groups is 1. The van der Waals surface area contributed by atoms with Crippen molar-refractivity contribution in [3.8, 4) is 0 Å². The number of piperazine rings is 1. The number of hydrogen-bond donors (Lipinski definition) is 1. The van der Waals surface area contributed by atoms with Gasteiger partial charge in [0.25, 0.3) is 11.6 Å². The lowest BCUT2D eigenvalue weighted by Gasteiger charge is -2.34. The van der Waals surface area contributed by atoms with Gasteiger partial charge in [0, 0.05) is 57.1 Å². The number of rotatable bonds is 7. The molecule has 4 rings (SSSR count). The molecule has 0 aliphatic carbocycles. The van der Waals surface area contributed by atoms with E-state index in [-0.39, 0.29) is 16.3 Å². The molecule has 1 heterocycles. The molecule has 1 aliphatic heterocycles. The average Bonchev–Trinajstić information content (AvgIpc) is 2.82. The second-order valence-electron chi connectivity index (χ2n) is 8.11. The fourth-order valence-corrected chi connectivity index (χ4v) is 4.16. The van der Waals surface area contributed by atoms with Gasteiger partial charge in [-0.2, -0.15) is 0 Å². The predicted molar refractivity (Wildman–Crippen MR) is 129 cm³/mol. The first-order valence-electron chi connectivity index (χ1n) is 10.8. The predicted octanol–water partition coefficient (Wildman–Crippen LogP) is 4.82. The molecule has 0 atom stereocenters. The van der Waals surface area contributed by atoms with Crippen LogP contribution < -0.4 is 5.32 Å². The first-order valence-corrected chi connectivity index (χ1v) is 11.2. The number of amides is 1. The number of non-ortho nitro benzene ring substituents is 1. The minimum Gasteiger partial charge on any atom is -0.322 e. The van der Waals surface area contributed by atoms with Crippen molar-refractivity contribution in [1.82, 2.24) is 9.80 Å². The Morgan fingerprint density at radius 3 is 2.00 bits per heavy atom. The van der Waals surface area contributed by atoms with Gasteiger partial charge in [-0.3, -0.25) is 24.7 Å². The van der Waals surface area contributed by atoms with Crippen molar-refractivity contribution in [3.05, 3.63) is 105 Å². The smallest absolute Gasteiger partial charge is 0.270 e. The van der Waals surface area contributed by atoms with Crippen LogP contribution in [-0.4, -0.2) is 46.8 Å². The number of nitrogens with zero attached hydrogens (tertiary/aromatic N) is 3. The van der Waals surface area contributed by atoms with Gasteiger partial charge in [0.1, 0.15) is 0 Å². The zero-order chi connectivity index (χ0) is 23.2. The van der Waals surface area contributed by atoms with E-state index in [0.717, 1.165) is 39.3 Å². The van der Waals surface area contributed by atoms with E-state index in [1.807, 2.05) is 30.3 Å². The van der Waals surface area contributed by atoms with Crippen LogP contribution in [-0.2, 0) is 13.1 Å². The first-order chi connectivity index (χ1) is 16.0. The molecule has 33 heavy (non-hydrogen) atoms. The fraction of sp³-hybridized carbons (Fsp3) is 0.240. The molecular weight excluding hydrogens is 440 g/mol. The molecule has 7 nitrogen and oxygen atoms in total. The second-order valence-corrected chi connectivity index (χ2v) is 8.52. The van der Waals surface area contributed by atoms with Crippen molar-refractivity contribution < 1.29 is 9.72 Å². The summed E-state index contributed by atoms with van der Waals surface area (Å²) in [6.07, 6.45) is 0. The highest BCUT2D eigenvalue weighted by molar-refractivity contribution is 6.34. The number of nitrogens with one attached hydrogen (secondary N) is 1. The maximum Gasteiger partial charge on any atom is 0.270 e. The lowest BCUT2D eigenvalue weighted by atomic mass is 10.1. The monoisotopic (exact) mass is 464 g/mol. The van der Waals surface area contributed by atoms with E-state index in [4.69, 9.17) is 11.6 Å². The SMILES string of the molecule is O=C(Nc1ccc(CN2CCN(Cc3ccccc3)CC2)cc1)c1ccc([N+](=O)[O-])cc1Cl. The highest BCUT2D eigenvalue weighted by Gasteiger charge is 2.18. The summed E-state index contributed by atoms with van der Waals surface area (Å²) in [6.45, 7) is 5.97. The largest absolute Gasteiger partial charge is 0.322 e. The lowest BCUT2D eigenvalue weighted by Crippen LogP contribution is -2.45. The summed E-state index contributed by atoms with van der Waals surface area (Å²) in [5, 5.41) is 13.7. The van der Waals surface area contributed by atoms with Gasteiger partial charge >= 0.3 is 0 Å². The quantitative estimate of drug-likeness (QED) is 0.400. The Labute approximate surface area is 197 Å². The van der Waals surface area contributed by atoms with E-state index in [1.54, 1.807) is 0 Å². The van der Waals surface area contributed by atoms with Gasteiger partial charge < -0.3 is 5.32 Å². The van der Waals surface area contributed by atoms with E-state index in [2.05, 4.69) is 39.4 Å². The van der Waals surface area contributed by atoms with E-state index in [1.165, 1.54) is 29.3 Å². The zero-order valence-electron chi connectivity index (χ0n) is 18.1. The molecule has 0 unspecified atom stereocenters. The molecule has 170 valence electrons. The van der Waals surface area contributed by atoms with Crippen molar-refractivity contribution >= 4 is 28.9 Å². The van der Waals surface area contributed by atoms with Crippen LogP contribution >= 0.6 is 11.6 Å². The summed E-state index contributed by atoms with van der Waals surface area (Å²) in [5.74, 6) is -0.405. The number of anilines is 1. The normalized spacial score (nSPS) is 14.7.